The second kappa shape index (κ2) is 4.39. The molecule has 0 aliphatic rings. The van der Waals surface area contributed by atoms with Gasteiger partial charge in [-0.1, -0.05) is 0 Å². The lowest BCUT2D eigenvalue weighted by atomic mass is 10.1. The molecule has 0 spiro atoms. The third-order valence-corrected chi connectivity index (χ3v) is 1.80. The van der Waals surface area contributed by atoms with Crippen molar-refractivity contribution in [2.75, 3.05) is 0 Å². The molecular formula is C9H11N3O4. The fourth-order valence-corrected chi connectivity index (χ4v) is 1.23. The van der Waals surface area contributed by atoms with E-state index in [4.69, 9.17) is 16.2 Å². The Morgan fingerprint density at radius 2 is 1.81 bits per heavy atom. The summed E-state index contributed by atoms with van der Waals surface area (Å²) in [7, 11) is 0. The van der Waals surface area contributed by atoms with Gasteiger partial charge in [-0.2, -0.15) is 0 Å². The molecule has 0 aromatic heterocycles. The maximum absolute atomic E-state index is 10.9. The van der Waals surface area contributed by atoms with Gasteiger partial charge < -0.3 is 26.4 Å². The zero-order chi connectivity index (χ0) is 12.3. The first kappa shape index (κ1) is 11.6. The Labute approximate surface area is 90.6 Å². The summed E-state index contributed by atoms with van der Waals surface area (Å²) >= 11 is 0. The number of nitrogens with one attached hydrogen (secondary N) is 2. The summed E-state index contributed by atoms with van der Waals surface area (Å²) in [5.41, 5.74) is 5.13. The van der Waals surface area contributed by atoms with Gasteiger partial charge in [0.25, 0.3) is 0 Å². The van der Waals surface area contributed by atoms with Gasteiger partial charge in [-0.25, -0.2) is 4.79 Å². The molecule has 1 aromatic carbocycles. The van der Waals surface area contributed by atoms with Crippen LogP contribution >= 0.6 is 0 Å². The highest BCUT2D eigenvalue weighted by atomic mass is 16.4. The van der Waals surface area contributed by atoms with E-state index in [1.807, 2.05) is 0 Å². The predicted octanol–water partition coefficient (Wildman–Crippen LogP) is -0.293. The molecule has 1 atom stereocenters. The Morgan fingerprint density at radius 3 is 2.19 bits per heavy atom. The van der Waals surface area contributed by atoms with Crippen molar-refractivity contribution in [1.29, 1.82) is 5.41 Å². The highest BCUT2D eigenvalue weighted by Gasteiger charge is 2.21. The highest BCUT2D eigenvalue weighted by molar-refractivity contribution is 5.84. The number of hydrogen-bond donors (Lipinski definition) is 6. The van der Waals surface area contributed by atoms with Crippen LogP contribution < -0.4 is 11.1 Å². The van der Waals surface area contributed by atoms with Crippen LogP contribution in [0.25, 0.3) is 0 Å². The van der Waals surface area contributed by atoms with Gasteiger partial charge >= 0.3 is 5.97 Å². The third kappa shape index (κ3) is 2.77. The Kier molecular flexibility index (Phi) is 3.19. The zero-order valence-electron chi connectivity index (χ0n) is 8.14. The van der Waals surface area contributed by atoms with E-state index < -0.39 is 18.0 Å². The van der Waals surface area contributed by atoms with E-state index in [2.05, 4.69) is 5.32 Å². The molecule has 0 aliphatic heterocycles. The number of rotatable bonds is 3. The number of phenols is 2. The van der Waals surface area contributed by atoms with Crippen molar-refractivity contribution in [2.24, 2.45) is 5.73 Å². The van der Waals surface area contributed by atoms with Crippen LogP contribution in [0.2, 0.25) is 0 Å². The summed E-state index contributed by atoms with van der Waals surface area (Å²) in [5, 5.41) is 36.4. The van der Waals surface area contributed by atoms with Crippen molar-refractivity contribution >= 4 is 11.9 Å². The van der Waals surface area contributed by atoms with Crippen molar-refractivity contribution in [1.82, 2.24) is 5.32 Å². The summed E-state index contributed by atoms with van der Waals surface area (Å²) in [5.74, 6) is -2.34. The summed E-state index contributed by atoms with van der Waals surface area (Å²) in [4.78, 5) is 10.9. The van der Waals surface area contributed by atoms with E-state index in [-0.39, 0.29) is 17.1 Å². The van der Waals surface area contributed by atoms with E-state index >= 15 is 0 Å². The van der Waals surface area contributed by atoms with Crippen LogP contribution in [-0.4, -0.2) is 27.2 Å². The summed E-state index contributed by atoms with van der Waals surface area (Å²) < 4.78 is 0. The number of hydrogen-bond acceptors (Lipinski definition) is 4. The van der Waals surface area contributed by atoms with Crippen molar-refractivity contribution in [3.8, 4) is 11.5 Å². The number of carboxylic acid groups (broad SMARTS) is 1. The van der Waals surface area contributed by atoms with E-state index in [9.17, 15) is 15.0 Å². The van der Waals surface area contributed by atoms with E-state index in [0.29, 0.717) is 0 Å². The molecule has 0 saturated heterocycles. The number of carbonyl (C=O) groups is 1. The van der Waals surface area contributed by atoms with Gasteiger partial charge in [-0.15, -0.1) is 0 Å². The quantitative estimate of drug-likeness (QED) is 0.308. The number of carboxylic acids is 1. The fourth-order valence-electron chi connectivity index (χ4n) is 1.23. The average molecular weight is 225 g/mol. The molecule has 7 N–H and O–H groups in total. The van der Waals surface area contributed by atoms with Crippen LogP contribution in [0.1, 0.15) is 11.6 Å². The van der Waals surface area contributed by atoms with Gasteiger partial charge in [0.15, 0.2) is 12.0 Å². The zero-order valence-corrected chi connectivity index (χ0v) is 8.14. The van der Waals surface area contributed by atoms with Crippen LogP contribution in [0, 0.1) is 5.41 Å². The molecule has 7 nitrogen and oxygen atoms in total. The van der Waals surface area contributed by atoms with Crippen LogP contribution in [0.5, 0.6) is 11.5 Å². The molecule has 86 valence electrons. The predicted molar refractivity (Wildman–Crippen MR) is 55.2 cm³/mol. The molecule has 0 saturated carbocycles. The molecule has 0 bridgehead atoms. The molecule has 1 rings (SSSR count). The van der Waals surface area contributed by atoms with Crippen LogP contribution in [0.3, 0.4) is 0 Å². The number of aliphatic carboxylic acids is 1. The molecule has 0 aliphatic carbocycles. The van der Waals surface area contributed by atoms with Gasteiger partial charge in [0.1, 0.15) is 11.5 Å². The second-order valence-corrected chi connectivity index (χ2v) is 3.11. The van der Waals surface area contributed by atoms with Crippen molar-refractivity contribution < 1.29 is 20.1 Å². The third-order valence-electron chi connectivity index (χ3n) is 1.80. The number of nitrogens with two attached hydrogens (primary N) is 1. The summed E-state index contributed by atoms with van der Waals surface area (Å²) in [6.45, 7) is 0. The molecule has 0 fully saturated rings. The lowest BCUT2D eigenvalue weighted by Crippen LogP contribution is -2.37. The smallest absolute Gasteiger partial charge is 0.330 e. The molecule has 0 heterocycles. The van der Waals surface area contributed by atoms with Crippen molar-refractivity contribution in [3.05, 3.63) is 23.8 Å². The monoisotopic (exact) mass is 225 g/mol. The number of phenolic OH excluding ortho intramolecular Hbond substituents is 2. The lowest BCUT2D eigenvalue weighted by Gasteiger charge is -2.15. The number of guanidine groups is 1. The molecule has 0 amide bonds. The molecule has 16 heavy (non-hydrogen) atoms. The van der Waals surface area contributed by atoms with Crippen LogP contribution in [0.15, 0.2) is 18.2 Å². The maximum Gasteiger partial charge on any atom is 0.330 e. The van der Waals surface area contributed by atoms with Gasteiger partial charge in [0, 0.05) is 6.07 Å². The Hall–Kier alpha value is -2.44. The topological polar surface area (TPSA) is 140 Å². The largest absolute Gasteiger partial charge is 0.508 e. The number of aromatic hydroxyl groups is 2. The molecule has 1 aromatic rings. The standard InChI is InChI=1S/C9H11N3O4/c10-9(11)12-7(8(15)16)4-1-5(13)3-6(14)2-4/h1-3,7,13-14H,(H,15,16)(H4,10,11,12). The Morgan fingerprint density at radius 1 is 1.31 bits per heavy atom. The van der Waals surface area contributed by atoms with Crippen LogP contribution in [-0.2, 0) is 4.79 Å². The van der Waals surface area contributed by atoms with E-state index in [1.54, 1.807) is 0 Å². The first-order valence-electron chi connectivity index (χ1n) is 4.26. The summed E-state index contributed by atoms with van der Waals surface area (Å²) in [6, 6.07) is 2.09. The first-order valence-corrected chi connectivity index (χ1v) is 4.26. The minimum absolute atomic E-state index is 0.0974. The van der Waals surface area contributed by atoms with Gasteiger partial charge in [0.05, 0.1) is 0 Å². The Balaban J connectivity index is 3.10. The normalized spacial score (nSPS) is 11.8. The van der Waals surface area contributed by atoms with E-state index in [0.717, 1.165) is 18.2 Å². The Bertz CT molecular complexity index is 413. The van der Waals surface area contributed by atoms with Crippen molar-refractivity contribution in [2.45, 2.75) is 6.04 Å². The molecule has 0 radical (unpaired) electrons. The number of benzene rings is 1. The highest BCUT2D eigenvalue weighted by Crippen LogP contribution is 2.24. The fraction of sp³-hybridized carbons (Fsp3) is 0.111. The minimum atomic E-state index is -1.30. The minimum Gasteiger partial charge on any atom is -0.508 e. The van der Waals surface area contributed by atoms with Gasteiger partial charge in [-0.3, -0.25) is 5.41 Å². The van der Waals surface area contributed by atoms with E-state index in [1.165, 1.54) is 0 Å². The van der Waals surface area contributed by atoms with Crippen molar-refractivity contribution in [3.63, 3.8) is 0 Å². The molecule has 7 heteroatoms. The summed E-state index contributed by atoms with van der Waals surface area (Å²) in [6.07, 6.45) is 0. The van der Waals surface area contributed by atoms with Crippen LogP contribution in [0.4, 0.5) is 0 Å². The average Bonchev–Trinajstić information content (AvgIpc) is 2.11. The van der Waals surface area contributed by atoms with Gasteiger partial charge in [-0.05, 0) is 17.7 Å². The molecule has 1 unspecified atom stereocenters. The van der Waals surface area contributed by atoms with Gasteiger partial charge in [0.2, 0.25) is 0 Å². The maximum atomic E-state index is 10.9. The lowest BCUT2D eigenvalue weighted by molar-refractivity contribution is -0.139. The molecular weight excluding hydrogens is 214 g/mol. The SMILES string of the molecule is N=C(N)NC(C(=O)O)c1cc(O)cc(O)c1. The second-order valence-electron chi connectivity index (χ2n) is 3.11. The first-order chi connectivity index (χ1) is 7.40.